The molecule has 1 aromatic rings. The smallest absolute Gasteiger partial charge is 0.337 e. The minimum absolute atomic E-state index is 0.00530. The number of amides is 2. The third-order valence-corrected chi connectivity index (χ3v) is 4.31. The van der Waals surface area contributed by atoms with E-state index in [9.17, 15) is 9.59 Å². The average molecular weight is 311 g/mol. The van der Waals surface area contributed by atoms with Crippen LogP contribution in [0.4, 0.5) is 10.5 Å². The van der Waals surface area contributed by atoms with E-state index in [4.69, 9.17) is 16.7 Å². The zero-order chi connectivity index (χ0) is 15.6. The summed E-state index contributed by atoms with van der Waals surface area (Å²) in [4.78, 5) is 25.2. The first-order chi connectivity index (χ1) is 9.88. The number of rotatable bonds is 2. The highest BCUT2D eigenvalue weighted by Gasteiger charge is 2.26. The Morgan fingerprint density at radius 3 is 2.67 bits per heavy atom. The van der Waals surface area contributed by atoms with Crippen LogP contribution in [0.15, 0.2) is 18.2 Å². The van der Waals surface area contributed by atoms with Crippen molar-refractivity contribution >= 4 is 29.3 Å². The molecule has 1 saturated heterocycles. The molecule has 1 aromatic carbocycles. The number of carbonyl (C=O) groups is 2. The summed E-state index contributed by atoms with van der Waals surface area (Å²) in [6.45, 7) is 5.67. The molecule has 2 amide bonds. The van der Waals surface area contributed by atoms with Gasteiger partial charge in [-0.3, -0.25) is 0 Å². The lowest BCUT2D eigenvalue weighted by Crippen LogP contribution is -2.44. The Bertz CT molecular complexity index is 562. The molecular weight excluding hydrogens is 292 g/mol. The number of halogens is 1. The first-order valence-corrected chi connectivity index (χ1v) is 7.35. The average Bonchev–Trinajstić information content (AvgIpc) is 2.43. The van der Waals surface area contributed by atoms with Crippen LogP contribution in [0, 0.1) is 11.8 Å². The van der Waals surface area contributed by atoms with E-state index in [0.717, 1.165) is 6.42 Å². The lowest BCUT2D eigenvalue weighted by molar-refractivity contribution is 0.0698. The number of carboxylic acids is 1. The van der Waals surface area contributed by atoms with Crippen molar-refractivity contribution in [2.45, 2.75) is 20.3 Å². The maximum Gasteiger partial charge on any atom is 0.337 e. The molecule has 0 radical (unpaired) electrons. The number of aromatic carboxylic acids is 1. The second kappa shape index (κ2) is 6.35. The van der Waals surface area contributed by atoms with Gasteiger partial charge in [-0.25, -0.2) is 9.59 Å². The zero-order valence-corrected chi connectivity index (χ0v) is 12.9. The number of carboxylic acid groups (broad SMARTS) is 1. The highest BCUT2D eigenvalue weighted by molar-refractivity contribution is 6.31. The molecule has 5 nitrogen and oxygen atoms in total. The van der Waals surface area contributed by atoms with E-state index in [1.165, 1.54) is 12.1 Å². The lowest BCUT2D eigenvalue weighted by atomic mass is 9.89. The minimum Gasteiger partial charge on any atom is -0.478 e. The lowest BCUT2D eigenvalue weighted by Gasteiger charge is -2.35. The van der Waals surface area contributed by atoms with Gasteiger partial charge in [-0.2, -0.15) is 0 Å². The molecule has 1 aliphatic rings. The van der Waals surface area contributed by atoms with Crippen LogP contribution in [-0.4, -0.2) is 35.1 Å². The molecule has 0 saturated carbocycles. The van der Waals surface area contributed by atoms with E-state index in [-0.39, 0.29) is 17.3 Å². The van der Waals surface area contributed by atoms with Crippen LogP contribution in [0.3, 0.4) is 0 Å². The molecule has 0 bridgehead atoms. The number of carbonyl (C=O) groups excluding carboxylic acids is 1. The number of urea groups is 1. The van der Waals surface area contributed by atoms with Crippen molar-refractivity contribution < 1.29 is 14.7 Å². The van der Waals surface area contributed by atoms with Gasteiger partial charge in [-0.05, 0) is 36.5 Å². The first kappa shape index (κ1) is 15.6. The molecule has 0 aromatic heterocycles. The molecule has 1 fully saturated rings. The summed E-state index contributed by atoms with van der Waals surface area (Å²) in [7, 11) is 0. The summed E-state index contributed by atoms with van der Waals surface area (Å²) in [5, 5.41) is 12.2. The van der Waals surface area contributed by atoms with Crippen molar-refractivity contribution in [1.29, 1.82) is 0 Å². The van der Waals surface area contributed by atoms with Crippen LogP contribution in [0.1, 0.15) is 30.6 Å². The highest BCUT2D eigenvalue weighted by atomic mass is 35.5. The van der Waals surface area contributed by atoms with Gasteiger partial charge in [0.1, 0.15) is 0 Å². The second-order valence-electron chi connectivity index (χ2n) is 5.61. The van der Waals surface area contributed by atoms with Crippen LogP contribution < -0.4 is 5.32 Å². The molecule has 0 spiro atoms. The van der Waals surface area contributed by atoms with E-state index in [1.807, 2.05) is 0 Å². The monoisotopic (exact) mass is 310 g/mol. The number of hydrogen-bond acceptors (Lipinski definition) is 2. The Kier molecular flexibility index (Phi) is 4.73. The van der Waals surface area contributed by atoms with Gasteiger partial charge in [0.2, 0.25) is 0 Å². The fourth-order valence-corrected chi connectivity index (χ4v) is 2.62. The molecule has 2 unspecified atom stereocenters. The van der Waals surface area contributed by atoms with E-state index in [2.05, 4.69) is 19.2 Å². The van der Waals surface area contributed by atoms with Gasteiger partial charge in [0.05, 0.1) is 11.3 Å². The third-order valence-electron chi connectivity index (χ3n) is 4.07. The Morgan fingerprint density at radius 1 is 1.33 bits per heavy atom. The van der Waals surface area contributed by atoms with Crippen LogP contribution in [-0.2, 0) is 0 Å². The van der Waals surface area contributed by atoms with E-state index < -0.39 is 5.97 Å². The summed E-state index contributed by atoms with van der Waals surface area (Å²) in [5.74, 6) is -0.0822. The van der Waals surface area contributed by atoms with Crippen LogP contribution >= 0.6 is 11.6 Å². The molecule has 2 rings (SSSR count). The summed E-state index contributed by atoms with van der Waals surface area (Å²) in [5.41, 5.74) is 0.262. The Balaban J connectivity index is 2.11. The molecule has 1 heterocycles. The topological polar surface area (TPSA) is 69.6 Å². The highest BCUT2D eigenvalue weighted by Crippen LogP contribution is 2.24. The number of likely N-dealkylation sites (tertiary alicyclic amines) is 1. The molecule has 2 atom stereocenters. The maximum absolute atomic E-state index is 12.3. The van der Waals surface area contributed by atoms with E-state index >= 15 is 0 Å². The van der Waals surface area contributed by atoms with Crippen LogP contribution in [0.5, 0.6) is 0 Å². The van der Waals surface area contributed by atoms with Crippen molar-refractivity contribution in [3.8, 4) is 0 Å². The predicted molar refractivity (Wildman–Crippen MR) is 81.9 cm³/mol. The van der Waals surface area contributed by atoms with Gasteiger partial charge < -0.3 is 15.3 Å². The summed E-state index contributed by atoms with van der Waals surface area (Å²) in [6.07, 6.45) is 0.959. The minimum atomic E-state index is -1.12. The van der Waals surface area contributed by atoms with Crippen LogP contribution in [0.25, 0.3) is 0 Å². The van der Waals surface area contributed by atoms with Gasteiger partial charge in [0.15, 0.2) is 0 Å². The van der Waals surface area contributed by atoms with Gasteiger partial charge >= 0.3 is 12.0 Å². The number of nitrogens with zero attached hydrogens (tertiary/aromatic N) is 1. The standard InChI is InChI=1S/C15H19ClN2O3/c1-9-5-6-18(8-10(9)2)15(21)17-13-4-3-11(16)7-12(13)14(19)20/h3-4,7,9-10H,5-6,8H2,1-2H3,(H,17,21)(H,19,20). The molecule has 6 heteroatoms. The zero-order valence-electron chi connectivity index (χ0n) is 12.1. The largest absolute Gasteiger partial charge is 0.478 e. The molecule has 2 N–H and O–H groups in total. The number of hydrogen-bond donors (Lipinski definition) is 2. The van der Waals surface area contributed by atoms with Gasteiger partial charge in [0.25, 0.3) is 0 Å². The fraction of sp³-hybridized carbons (Fsp3) is 0.467. The molecule has 0 aliphatic carbocycles. The summed E-state index contributed by atoms with van der Waals surface area (Å²) < 4.78 is 0. The predicted octanol–water partition coefficient (Wildman–Crippen LogP) is 3.55. The fourth-order valence-electron chi connectivity index (χ4n) is 2.44. The molecule has 1 aliphatic heterocycles. The number of nitrogens with one attached hydrogen (secondary N) is 1. The van der Waals surface area contributed by atoms with Crippen molar-refractivity contribution in [3.63, 3.8) is 0 Å². The Morgan fingerprint density at radius 2 is 2.05 bits per heavy atom. The molecule has 21 heavy (non-hydrogen) atoms. The molecular formula is C15H19ClN2O3. The normalized spacial score (nSPS) is 22.0. The van der Waals surface area contributed by atoms with Crippen molar-refractivity contribution in [1.82, 2.24) is 4.90 Å². The third kappa shape index (κ3) is 3.67. The SMILES string of the molecule is CC1CCN(C(=O)Nc2ccc(Cl)cc2C(=O)O)CC1C. The number of anilines is 1. The number of benzene rings is 1. The van der Waals surface area contributed by atoms with Crippen molar-refractivity contribution in [2.24, 2.45) is 11.8 Å². The number of piperidine rings is 1. The maximum atomic E-state index is 12.3. The first-order valence-electron chi connectivity index (χ1n) is 6.97. The van der Waals surface area contributed by atoms with Gasteiger partial charge in [0, 0.05) is 18.1 Å². The van der Waals surface area contributed by atoms with Gasteiger partial charge in [-0.1, -0.05) is 25.4 Å². The Labute approximate surface area is 128 Å². The van der Waals surface area contributed by atoms with E-state index in [1.54, 1.807) is 11.0 Å². The summed E-state index contributed by atoms with van der Waals surface area (Å²) >= 11 is 5.79. The summed E-state index contributed by atoms with van der Waals surface area (Å²) in [6, 6.07) is 4.14. The van der Waals surface area contributed by atoms with Crippen molar-refractivity contribution in [2.75, 3.05) is 18.4 Å². The second-order valence-corrected chi connectivity index (χ2v) is 6.05. The Hall–Kier alpha value is -1.75. The van der Waals surface area contributed by atoms with Crippen molar-refractivity contribution in [3.05, 3.63) is 28.8 Å². The quantitative estimate of drug-likeness (QED) is 0.877. The van der Waals surface area contributed by atoms with Crippen LogP contribution in [0.2, 0.25) is 5.02 Å². The van der Waals surface area contributed by atoms with E-state index in [0.29, 0.717) is 29.9 Å². The molecule has 114 valence electrons. The van der Waals surface area contributed by atoms with Gasteiger partial charge in [-0.15, -0.1) is 0 Å².